The lowest BCUT2D eigenvalue weighted by atomic mass is 9.80. The maximum atomic E-state index is 13.5. The smallest absolute Gasteiger partial charge is 0.316 e. The summed E-state index contributed by atoms with van der Waals surface area (Å²) in [4.78, 5) is 41.4. The Morgan fingerprint density at radius 1 is 1.00 bits per heavy atom. The number of nitrogens with zero attached hydrogens (tertiary/aromatic N) is 1. The van der Waals surface area contributed by atoms with Gasteiger partial charge in [-0.15, -0.1) is 0 Å². The Kier molecular flexibility index (Phi) is 11.7. The SMILES string of the molecule is C[C@H]1C(=O)OC([C@@H](C)O)[C@H](C)CCC(=O)[C@H](C)C[C@H](C)[C@H](O[C@@H]2O[C@H](C)C[C@H](N(C)C)[C@H]2O)[C@@H](C)C1=O. The molecular weight excluding hydrogens is 478 g/mol. The molecule has 2 aliphatic rings. The normalized spacial score (nSPS) is 42.3. The molecule has 0 saturated carbocycles. The van der Waals surface area contributed by atoms with E-state index >= 15 is 0 Å². The minimum absolute atomic E-state index is 0.0766. The van der Waals surface area contributed by atoms with Gasteiger partial charge in [-0.25, -0.2) is 0 Å². The summed E-state index contributed by atoms with van der Waals surface area (Å²) in [7, 11) is 3.78. The van der Waals surface area contributed by atoms with Crippen molar-refractivity contribution in [3.8, 4) is 0 Å². The first-order valence-corrected chi connectivity index (χ1v) is 13.8. The van der Waals surface area contributed by atoms with Crippen molar-refractivity contribution in [2.45, 2.75) is 117 Å². The van der Waals surface area contributed by atoms with E-state index in [0.29, 0.717) is 25.7 Å². The Balaban J connectivity index is 2.38. The highest BCUT2D eigenvalue weighted by atomic mass is 16.7. The van der Waals surface area contributed by atoms with Crippen LogP contribution >= 0.6 is 0 Å². The van der Waals surface area contributed by atoms with Crippen molar-refractivity contribution in [1.82, 2.24) is 4.90 Å². The van der Waals surface area contributed by atoms with E-state index in [-0.39, 0.29) is 41.5 Å². The predicted molar refractivity (Wildman–Crippen MR) is 139 cm³/mol. The maximum absolute atomic E-state index is 13.5. The van der Waals surface area contributed by atoms with Crippen LogP contribution in [0.15, 0.2) is 0 Å². The molecule has 0 aromatic rings. The van der Waals surface area contributed by atoms with E-state index in [1.807, 2.05) is 46.7 Å². The van der Waals surface area contributed by atoms with Crippen LogP contribution in [-0.2, 0) is 28.6 Å². The minimum Gasteiger partial charge on any atom is -0.459 e. The molecule has 9 heteroatoms. The van der Waals surface area contributed by atoms with Gasteiger partial charge in [-0.05, 0) is 66.0 Å². The second-order valence-electron chi connectivity index (χ2n) is 11.8. The van der Waals surface area contributed by atoms with Crippen molar-refractivity contribution in [2.24, 2.45) is 29.6 Å². The van der Waals surface area contributed by atoms with E-state index in [1.165, 1.54) is 6.92 Å². The topological polar surface area (TPSA) is 123 Å². The third-order valence-electron chi connectivity index (χ3n) is 8.26. The summed E-state index contributed by atoms with van der Waals surface area (Å²) in [5.74, 6) is -3.50. The first kappa shape index (κ1) is 31.8. The highest BCUT2D eigenvalue weighted by Crippen LogP contribution is 2.33. The molecule has 2 N–H and O–H groups in total. The molecule has 2 heterocycles. The summed E-state index contributed by atoms with van der Waals surface area (Å²) >= 11 is 0. The molecule has 1 unspecified atom stereocenters. The summed E-state index contributed by atoms with van der Waals surface area (Å²) in [5, 5.41) is 21.3. The monoisotopic (exact) mass is 527 g/mol. The fourth-order valence-corrected chi connectivity index (χ4v) is 5.76. The Labute approximate surface area is 222 Å². The average Bonchev–Trinajstić information content (AvgIpc) is 2.82. The molecule has 12 atom stereocenters. The Hall–Kier alpha value is -1.39. The van der Waals surface area contributed by atoms with Crippen LogP contribution < -0.4 is 0 Å². The van der Waals surface area contributed by atoms with Gasteiger partial charge < -0.3 is 29.3 Å². The molecule has 2 rings (SSSR count). The number of carbonyl (C=O) groups excluding carboxylic acids is 3. The fourth-order valence-electron chi connectivity index (χ4n) is 5.76. The van der Waals surface area contributed by atoms with Crippen LogP contribution in [0.2, 0.25) is 0 Å². The summed E-state index contributed by atoms with van der Waals surface area (Å²) in [6, 6.07) is -0.178. The zero-order chi connectivity index (χ0) is 28.2. The zero-order valence-electron chi connectivity index (χ0n) is 24.0. The number of hydrogen-bond donors (Lipinski definition) is 2. The van der Waals surface area contributed by atoms with Crippen LogP contribution in [0.25, 0.3) is 0 Å². The first-order chi connectivity index (χ1) is 17.1. The molecule has 0 radical (unpaired) electrons. The van der Waals surface area contributed by atoms with Crippen LogP contribution in [-0.4, -0.2) is 89.6 Å². The molecule has 9 nitrogen and oxygen atoms in total. The van der Waals surface area contributed by atoms with Gasteiger partial charge in [-0.3, -0.25) is 14.4 Å². The van der Waals surface area contributed by atoms with Crippen LogP contribution in [0.4, 0.5) is 0 Å². The van der Waals surface area contributed by atoms with E-state index in [1.54, 1.807) is 13.8 Å². The fraction of sp³-hybridized carbons (Fsp3) is 0.893. The van der Waals surface area contributed by atoms with E-state index < -0.39 is 48.5 Å². The number of hydrogen-bond acceptors (Lipinski definition) is 9. The number of ether oxygens (including phenoxy) is 3. The molecule has 0 aromatic heterocycles. The molecule has 0 amide bonds. The van der Waals surface area contributed by atoms with Crippen LogP contribution in [0.1, 0.15) is 74.1 Å². The van der Waals surface area contributed by atoms with Gasteiger partial charge in [-0.1, -0.05) is 27.7 Å². The predicted octanol–water partition coefficient (Wildman–Crippen LogP) is 2.59. The second-order valence-corrected chi connectivity index (χ2v) is 11.8. The summed E-state index contributed by atoms with van der Waals surface area (Å²) < 4.78 is 18.0. The lowest BCUT2D eigenvalue weighted by Gasteiger charge is -2.43. The molecule has 0 spiro atoms. The largest absolute Gasteiger partial charge is 0.459 e. The van der Waals surface area contributed by atoms with Crippen LogP contribution in [0, 0.1) is 29.6 Å². The molecule has 0 bridgehead atoms. The average molecular weight is 528 g/mol. The molecule has 0 aromatic carbocycles. The third-order valence-corrected chi connectivity index (χ3v) is 8.26. The minimum atomic E-state index is -1.06. The molecule has 0 aliphatic carbocycles. The van der Waals surface area contributed by atoms with Gasteiger partial charge in [-0.2, -0.15) is 0 Å². The highest BCUT2D eigenvalue weighted by molar-refractivity contribution is 6.00. The van der Waals surface area contributed by atoms with Crippen molar-refractivity contribution < 1.29 is 38.8 Å². The number of cyclic esters (lactones) is 1. The number of Topliss-reactive ketones (excluding diaryl/α,β-unsaturated/α-hetero) is 2. The van der Waals surface area contributed by atoms with Gasteiger partial charge in [0.25, 0.3) is 0 Å². The zero-order valence-corrected chi connectivity index (χ0v) is 24.0. The highest BCUT2D eigenvalue weighted by Gasteiger charge is 2.44. The molecule has 2 fully saturated rings. The number of carbonyl (C=O) groups is 3. The Morgan fingerprint density at radius 3 is 2.19 bits per heavy atom. The standard InChI is InChI=1S/C28H49NO8/c1-14-10-11-22(31)15(2)12-16(3)25(37-28-24(33)21(29(8)9)13-17(4)35-28)18(5)23(32)19(6)27(34)36-26(14)20(7)30/h14-21,24-26,28,30,33H,10-13H2,1-9H3/t14-,15-,16+,17-,18+,19-,20-,21+,24-,25+,26?,28+/m1/s1. The lowest BCUT2D eigenvalue weighted by Crippen LogP contribution is -2.56. The Bertz CT molecular complexity index is 786. The van der Waals surface area contributed by atoms with Crippen LogP contribution in [0.3, 0.4) is 0 Å². The molecule has 214 valence electrons. The lowest BCUT2D eigenvalue weighted by molar-refractivity contribution is -0.278. The van der Waals surface area contributed by atoms with Crippen molar-refractivity contribution >= 4 is 17.5 Å². The van der Waals surface area contributed by atoms with Gasteiger partial charge in [0.2, 0.25) is 0 Å². The van der Waals surface area contributed by atoms with Gasteiger partial charge >= 0.3 is 5.97 Å². The number of esters is 1. The third kappa shape index (κ3) is 8.05. The molecule has 37 heavy (non-hydrogen) atoms. The van der Waals surface area contributed by atoms with Crippen LogP contribution in [0.5, 0.6) is 0 Å². The van der Waals surface area contributed by atoms with Gasteiger partial charge in [0.15, 0.2) is 12.1 Å². The van der Waals surface area contributed by atoms with Crippen molar-refractivity contribution in [3.63, 3.8) is 0 Å². The summed E-state index contributed by atoms with van der Waals surface area (Å²) in [5.41, 5.74) is 0. The quantitative estimate of drug-likeness (QED) is 0.419. The van der Waals surface area contributed by atoms with Gasteiger partial charge in [0.05, 0.1) is 18.3 Å². The van der Waals surface area contributed by atoms with E-state index in [4.69, 9.17) is 14.2 Å². The van der Waals surface area contributed by atoms with E-state index in [0.717, 1.165) is 0 Å². The number of aliphatic hydroxyl groups is 2. The number of ketones is 2. The van der Waals surface area contributed by atoms with Crippen molar-refractivity contribution in [3.05, 3.63) is 0 Å². The molecular formula is C28H49NO8. The molecule has 2 aliphatic heterocycles. The summed E-state index contributed by atoms with van der Waals surface area (Å²) in [6.07, 6.45) is -2.59. The number of rotatable bonds is 4. The van der Waals surface area contributed by atoms with Crippen molar-refractivity contribution in [1.29, 1.82) is 0 Å². The number of aliphatic hydroxyl groups excluding tert-OH is 2. The van der Waals surface area contributed by atoms with E-state index in [9.17, 15) is 24.6 Å². The number of likely N-dealkylation sites (N-methyl/N-ethyl adjacent to an activating group) is 1. The first-order valence-electron chi connectivity index (χ1n) is 13.8. The van der Waals surface area contributed by atoms with Gasteiger partial charge in [0, 0.05) is 24.3 Å². The Morgan fingerprint density at radius 2 is 1.62 bits per heavy atom. The second kappa shape index (κ2) is 13.6. The van der Waals surface area contributed by atoms with Crippen molar-refractivity contribution in [2.75, 3.05) is 14.1 Å². The maximum Gasteiger partial charge on any atom is 0.316 e. The molecule has 2 saturated heterocycles. The summed E-state index contributed by atoms with van der Waals surface area (Å²) in [6.45, 7) is 12.3. The van der Waals surface area contributed by atoms with E-state index in [2.05, 4.69) is 0 Å². The van der Waals surface area contributed by atoms with Gasteiger partial charge in [0.1, 0.15) is 23.9 Å².